The van der Waals surface area contributed by atoms with Gasteiger partial charge in [-0.05, 0) is 43.9 Å². The van der Waals surface area contributed by atoms with E-state index in [1.165, 1.54) is 6.07 Å². The second-order valence-corrected chi connectivity index (χ2v) is 7.20. The summed E-state index contributed by atoms with van der Waals surface area (Å²) >= 11 is 0. The predicted molar refractivity (Wildman–Crippen MR) is 81.8 cm³/mol. The molecule has 1 saturated carbocycles. The highest BCUT2D eigenvalue weighted by Gasteiger charge is 2.28. The van der Waals surface area contributed by atoms with Gasteiger partial charge in [-0.1, -0.05) is 19.4 Å². The van der Waals surface area contributed by atoms with Crippen molar-refractivity contribution < 1.29 is 13.2 Å². The van der Waals surface area contributed by atoms with E-state index in [0.717, 1.165) is 31.2 Å². The van der Waals surface area contributed by atoms with E-state index >= 15 is 0 Å². The van der Waals surface area contributed by atoms with Crippen molar-refractivity contribution in [3.8, 4) is 0 Å². The third-order valence-electron chi connectivity index (χ3n) is 3.48. The zero-order chi connectivity index (χ0) is 15.5. The van der Waals surface area contributed by atoms with E-state index in [1.54, 1.807) is 19.1 Å². The van der Waals surface area contributed by atoms with Crippen molar-refractivity contribution in [3.05, 3.63) is 29.3 Å². The van der Waals surface area contributed by atoms with E-state index in [0.29, 0.717) is 12.1 Å². The number of carbonyl (C=O) groups is 1. The third-order valence-corrected chi connectivity index (χ3v) is 5.00. The Morgan fingerprint density at radius 1 is 1.33 bits per heavy atom. The number of hydrogen-bond donors (Lipinski definition) is 2. The zero-order valence-electron chi connectivity index (χ0n) is 12.5. The summed E-state index contributed by atoms with van der Waals surface area (Å²) in [6.45, 7) is 4.46. The van der Waals surface area contributed by atoms with Crippen LogP contribution in [0.2, 0.25) is 0 Å². The molecule has 1 aliphatic carbocycles. The van der Waals surface area contributed by atoms with Crippen LogP contribution in [-0.2, 0) is 10.0 Å². The minimum atomic E-state index is -3.52. The molecule has 0 aliphatic heterocycles. The monoisotopic (exact) mass is 310 g/mol. The van der Waals surface area contributed by atoms with E-state index in [4.69, 9.17) is 0 Å². The summed E-state index contributed by atoms with van der Waals surface area (Å²) in [5, 5.41) is 2.82. The Hall–Kier alpha value is -1.40. The van der Waals surface area contributed by atoms with Crippen LogP contribution in [0, 0.1) is 6.92 Å². The molecule has 6 heteroatoms. The van der Waals surface area contributed by atoms with Gasteiger partial charge in [-0.25, -0.2) is 13.1 Å². The van der Waals surface area contributed by atoms with Crippen molar-refractivity contribution in [1.82, 2.24) is 10.0 Å². The fourth-order valence-corrected chi connectivity index (χ4v) is 3.31. The molecule has 116 valence electrons. The van der Waals surface area contributed by atoms with Gasteiger partial charge in [0.1, 0.15) is 0 Å². The second-order valence-electron chi connectivity index (χ2n) is 5.48. The first-order valence-corrected chi connectivity index (χ1v) is 8.83. The molecule has 1 amide bonds. The number of nitrogens with one attached hydrogen (secondary N) is 2. The van der Waals surface area contributed by atoms with Crippen LogP contribution in [0.1, 0.15) is 48.5 Å². The quantitative estimate of drug-likeness (QED) is 0.756. The third kappa shape index (κ3) is 4.28. The molecule has 0 radical (unpaired) electrons. The number of carbonyl (C=O) groups excluding carboxylic acids is 1. The van der Waals surface area contributed by atoms with Crippen LogP contribution in [-0.4, -0.2) is 26.9 Å². The van der Waals surface area contributed by atoms with Gasteiger partial charge in [0, 0.05) is 18.2 Å². The standard InChI is InChI=1S/C15H22N2O3S/c1-3-4-9-16-15(18)14-10-13(8-5-11(14)2)21(19,20)17-12-6-7-12/h5,8,10,12,17H,3-4,6-7,9H2,1-2H3,(H,16,18). The smallest absolute Gasteiger partial charge is 0.251 e. The molecular weight excluding hydrogens is 288 g/mol. The van der Waals surface area contributed by atoms with Crippen LogP contribution in [0.15, 0.2) is 23.1 Å². The lowest BCUT2D eigenvalue weighted by atomic mass is 10.1. The Balaban J connectivity index is 2.18. The summed E-state index contributed by atoms with van der Waals surface area (Å²) in [6.07, 6.45) is 3.68. The van der Waals surface area contributed by atoms with Crippen molar-refractivity contribution in [2.24, 2.45) is 0 Å². The van der Waals surface area contributed by atoms with Crippen molar-refractivity contribution in [2.75, 3.05) is 6.54 Å². The van der Waals surface area contributed by atoms with Crippen LogP contribution in [0.25, 0.3) is 0 Å². The predicted octanol–water partition coefficient (Wildman–Crippen LogP) is 1.97. The second kappa shape index (κ2) is 6.58. The van der Waals surface area contributed by atoms with Crippen molar-refractivity contribution in [1.29, 1.82) is 0 Å². The number of aryl methyl sites for hydroxylation is 1. The Labute approximate surface area is 126 Å². The Kier molecular flexibility index (Phi) is 5.00. The van der Waals surface area contributed by atoms with Crippen LogP contribution in [0.4, 0.5) is 0 Å². The van der Waals surface area contributed by atoms with Gasteiger partial charge in [-0.15, -0.1) is 0 Å². The van der Waals surface area contributed by atoms with Crippen LogP contribution in [0.5, 0.6) is 0 Å². The molecule has 0 heterocycles. The lowest BCUT2D eigenvalue weighted by molar-refractivity contribution is 0.0952. The van der Waals surface area contributed by atoms with Crippen LogP contribution in [0.3, 0.4) is 0 Å². The van der Waals surface area contributed by atoms with Gasteiger partial charge in [-0.3, -0.25) is 4.79 Å². The van der Waals surface area contributed by atoms with Crippen LogP contribution < -0.4 is 10.0 Å². The van der Waals surface area contributed by atoms with Gasteiger partial charge in [0.2, 0.25) is 10.0 Å². The molecule has 1 aliphatic rings. The molecule has 1 aromatic rings. The molecule has 0 spiro atoms. The highest BCUT2D eigenvalue weighted by molar-refractivity contribution is 7.89. The van der Waals surface area contributed by atoms with Gasteiger partial charge in [0.15, 0.2) is 0 Å². The molecule has 5 nitrogen and oxygen atoms in total. The summed E-state index contributed by atoms with van der Waals surface area (Å²) in [6, 6.07) is 4.73. The molecule has 0 saturated heterocycles. The molecule has 2 rings (SSSR count). The lowest BCUT2D eigenvalue weighted by Crippen LogP contribution is -2.28. The maximum absolute atomic E-state index is 12.2. The molecule has 21 heavy (non-hydrogen) atoms. The minimum absolute atomic E-state index is 0.0538. The fourth-order valence-electron chi connectivity index (χ4n) is 1.98. The van der Waals surface area contributed by atoms with Gasteiger partial charge in [-0.2, -0.15) is 0 Å². The van der Waals surface area contributed by atoms with E-state index in [-0.39, 0.29) is 16.8 Å². The van der Waals surface area contributed by atoms with Gasteiger partial charge < -0.3 is 5.32 Å². The summed E-state index contributed by atoms with van der Waals surface area (Å²) in [5.74, 6) is -0.218. The molecule has 1 aromatic carbocycles. The fraction of sp³-hybridized carbons (Fsp3) is 0.533. The number of hydrogen-bond acceptors (Lipinski definition) is 3. The van der Waals surface area contributed by atoms with E-state index in [9.17, 15) is 13.2 Å². The first-order valence-electron chi connectivity index (χ1n) is 7.35. The number of sulfonamides is 1. The van der Waals surface area contributed by atoms with Crippen molar-refractivity contribution in [3.63, 3.8) is 0 Å². The van der Waals surface area contributed by atoms with Crippen molar-refractivity contribution >= 4 is 15.9 Å². The topological polar surface area (TPSA) is 75.3 Å². The first kappa shape index (κ1) is 16.0. The average Bonchev–Trinajstić information content (AvgIpc) is 3.22. The van der Waals surface area contributed by atoms with Crippen LogP contribution >= 0.6 is 0 Å². The van der Waals surface area contributed by atoms with Gasteiger partial charge in [0.25, 0.3) is 5.91 Å². The summed E-state index contributed by atoms with van der Waals surface area (Å²) in [5.41, 5.74) is 1.19. The zero-order valence-corrected chi connectivity index (χ0v) is 13.3. The molecular formula is C15H22N2O3S. The number of unbranched alkanes of at least 4 members (excludes halogenated alkanes) is 1. The molecule has 0 atom stereocenters. The average molecular weight is 310 g/mol. The normalized spacial score (nSPS) is 15.0. The number of benzene rings is 1. The lowest BCUT2D eigenvalue weighted by Gasteiger charge is -2.10. The molecule has 0 aromatic heterocycles. The van der Waals surface area contributed by atoms with Gasteiger partial charge in [0.05, 0.1) is 4.90 Å². The number of amides is 1. The maximum Gasteiger partial charge on any atom is 0.251 e. The Bertz CT molecular complexity index is 622. The Morgan fingerprint density at radius 2 is 2.05 bits per heavy atom. The Morgan fingerprint density at radius 3 is 2.67 bits per heavy atom. The highest BCUT2D eigenvalue weighted by Crippen LogP contribution is 2.23. The molecule has 2 N–H and O–H groups in total. The maximum atomic E-state index is 12.2. The minimum Gasteiger partial charge on any atom is -0.352 e. The SMILES string of the molecule is CCCCNC(=O)c1cc(S(=O)(=O)NC2CC2)ccc1C. The van der Waals surface area contributed by atoms with E-state index in [1.807, 2.05) is 6.92 Å². The first-order chi connectivity index (χ1) is 9.94. The molecule has 1 fully saturated rings. The molecule has 0 unspecified atom stereocenters. The summed E-state index contributed by atoms with van der Waals surface area (Å²) in [7, 11) is -3.52. The van der Waals surface area contributed by atoms with E-state index in [2.05, 4.69) is 10.0 Å². The molecule has 0 bridgehead atoms. The summed E-state index contributed by atoms with van der Waals surface area (Å²) in [4.78, 5) is 12.3. The summed E-state index contributed by atoms with van der Waals surface area (Å²) < 4.78 is 27.0. The van der Waals surface area contributed by atoms with Gasteiger partial charge >= 0.3 is 0 Å². The van der Waals surface area contributed by atoms with Crippen molar-refractivity contribution in [2.45, 2.75) is 50.5 Å². The largest absolute Gasteiger partial charge is 0.352 e. The van der Waals surface area contributed by atoms with E-state index < -0.39 is 10.0 Å². The number of rotatable bonds is 7. The highest BCUT2D eigenvalue weighted by atomic mass is 32.2.